The number of rotatable bonds is 5. The van der Waals surface area contributed by atoms with E-state index < -0.39 is 0 Å². The number of amides is 2. The van der Waals surface area contributed by atoms with Crippen molar-refractivity contribution in [3.63, 3.8) is 0 Å². The van der Waals surface area contributed by atoms with E-state index in [4.69, 9.17) is 0 Å². The Morgan fingerprint density at radius 3 is 2.39 bits per heavy atom. The van der Waals surface area contributed by atoms with E-state index in [-0.39, 0.29) is 29.8 Å². The van der Waals surface area contributed by atoms with Crippen LogP contribution >= 0.6 is 0 Å². The highest BCUT2D eigenvalue weighted by molar-refractivity contribution is 5.96. The van der Waals surface area contributed by atoms with Gasteiger partial charge in [0.15, 0.2) is 0 Å². The number of piperazine rings is 1. The van der Waals surface area contributed by atoms with E-state index in [0.29, 0.717) is 12.5 Å². The lowest BCUT2D eigenvalue weighted by molar-refractivity contribution is -0.151. The van der Waals surface area contributed by atoms with Crippen LogP contribution in [0.3, 0.4) is 0 Å². The van der Waals surface area contributed by atoms with E-state index in [0.717, 1.165) is 12.8 Å². The van der Waals surface area contributed by atoms with Crippen LogP contribution in [-0.2, 0) is 9.59 Å². The molecular formula is C14H26N2O2. The summed E-state index contributed by atoms with van der Waals surface area (Å²) < 4.78 is 0. The summed E-state index contributed by atoms with van der Waals surface area (Å²) in [5, 5.41) is 2.78. The van der Waals surface area contributed by atoms with Crippen LogP contribution in [0.5, 0.6) is 0 Å². The first-order chi connectivity index (χ1) is 8.38. The van der Waals surface area contributed by atoms with Crippen LogP contribution in [-0.4, -0.2) is 35.3 Å². The molecule has 0 radical (unpaired) electrons. The van der Waals surface area contributed by atoms with Crippen LogP contribution < -0.4 is 5.32 Å². The zero-order valence-electron chi connectivity index (χ0n) is 12.2. The second-order valence-corrected chi connectivity index (χ2v) is 5.77. The third-order valence-corrected chi connectivity index (χ3v) is 3.75. The number of nitrogens with zero attached hydrogens (tertiary/aromatic N) is 1. The first-order valence-electron chi connectivity index (χ1n) is 6.99. The maximum absolute atomic E-state index is 12.2. The maximum Gasteiger partial charge on any atom is 0.245 e. The van der Waals surface area contributed by atoms with Crippen molar-refractivity contribution in [2.75, 3.05) is 6.54 Å². The molecule has 1 saturated heterocycles. The zero-order valence-corrected chi connectivity index (χ0v) is 12.2. The summed E-state index contributed by atoms with van der Waals surface area (Å²) in [5.41, 5.74) is 0. The Kier molecular flexibility index (Phi) is 5.17. The van der Waals surface area contributed by atoms with Gasteiger partial charge < -0.3 is 10.2 Å². The quantitative estimate of drug-likeness (QED) is 0.813. The van der Waals surface area contributed by atoms with Crippen LogP contribution in [0.25, 0.3) is 0 Å². The molecule has 1 N–H and O–H groups in total. The minimum Gasteiger partial charge on any atom is -0.343 e. The highest BCUT2D eigenvalue weighted by Crippen LogP contribution is 2.21. The summed E-state index contributed by atoms with van der Waals surface area (Å²) in [5.74, 6) is 0.796. The molecule has 104 valence electrons. The van der Waals surface area contributed by atoms with Crippen molar-refractivity contribution in [2.24, 2.45) is 11.8 Å². The molecule has 0 saturated carbocycles. The van der Waals surface area contributed by atoms with Gasteiger partial charge in [0.25, 0.3) is 0 Å². The van der Waals surface area contributed by atoms with Crippen LogP contribution in [0, 0.1) is 11.8 Å². The third kappa shape index (κ3) is 3.24. The number of hydrogen-bond donors (Lipinski definition) is 1. The molecule has 2 amide bonds. The third-order valence-electron chi connectivity index (χ3n) is 3.75. The van der Waals surface area contributed by atoms with E-state index in [1.54, 1.807) is 11.8 Å². The van der Waals surface area contributed by atoms with Crippen LogP contribution in [0.2, 0.25) is 0 Å². The molecule has 0 aliphatic carbocycles. The van der Waals surface area contributed by atoms with Gasteiger partial charge in [-0.2, -0.15) is 0 Å². The average molecular weight is 254 g/mol. The fraction of sp³-hybridized carbons (Fsp3) is 0.857. The second-order valence-electron chi connectivity index (χ2n) is 5.77. The van der Waals surface area contributed by atoms with Gasteiger partial charge >= 0.3 is 0 Å². The monoisotopic (exact) mass is 254 g/mol. The molecule has 1 heterocycles. The van der Waals surface area contributed by atoms with E-state index in [1.807, 2.05) is 6.92 Å². The van der Waals surface area contributed by atoms with Gasteiger partial charge in [0.05, 0.1) is 0 Å². The molecule has 4 nitrogen and oxygen atoms in total. The largest absolute Gasteiger partial charge is 0.343 e. The van der Waals surface area contributed by atoms with Gasteiger partial charge in [-0.3, -0.25) is 9.59 Å². The molecule has 1 rings (SSSR count). The fourth-order valence-electron chi connectivity index (χ4n) is 2.32. The predicted octanol–water partition coefficient (Wildman–Crippen LogP) is 1.79. The molecule has 1 aliphatic heterocycles. The van der Waals surface area contributed by atoms with Crippen molar-refractivity contribution in [1.29, 1.82) is 0 Å². The van der Waals surface area contributed by atoms with Gasteiger partial charge in [-0.25, -0.2) is 0 Å². The van der Waals surface area contributed by atoms with E-state index in [9.17, 15) is 9.59 Å². The molecule has 4 heteroatoms. The number of nitrogens with one attached hydrogen (secondary N) is 1. The van der Waals surface area contributed by atoms with Gasteiger partial charge in [-0.1, -0.05) is 34.1 Å². The van der Waals surface area contributed by atoms with Crippen LogP contribution in [0.1, 0.15) is 47.5 Å². The Labute approximate surface area is 110 Å². The summed E-state index contributed by atoms with van der Waals surface area (Å²) in [6, 6.07) is -0.678. The first-order valence-corrected chi connectivity index (χ1v) is 6.99. The Bertz CT molecular complexity index is 315. The standard InChI is InChI=1S/C14H26N2O2/c1-6-10(4)12-13(17)15-11(5)14(18)16(12)8-7-9(2)3/h9-12H,6-8H2,1-5H3,(H,15,17). The smallest absolute Gasteiger partial charge is 0.245 e. The SMILES string of the molecule is CCC(C)C1C(=O)NC(C)C(=O)N1CCC(C)C. The Morgan fingerprint density at radius 2 is 1.89 bits per heavy atom. The maximum atomic E-state index is 12.2. The van der Waals surface area contributed by atoms with E-state index in [2.05, 4.69) is 26.1 Å². The van der Waals surface area contributed by atoms with Gasteiger partial charge in [0.1, 0.15) is 12.1 Å². The number of hydrogen-bond acceptors (Lipinski definition) is 2. The minimum atomic E-state index is -0.384. The molecular weight excluding hydrogens is 228 g/mol. The van der Waals surface area contributed by atoms with Gasteiger partial charge in [-0.15, -0.1) is 0 Å². The lowest BCUT2D eigenvalue weighted by Gasteiger charge is -2.41. The molecule has 0 aromatic carbocycles. The highest BCUT2D eigenvalue weighted by Gasteiger charge is 2.40. The summed E-state index contributed by atoms with van der Waals surface area (Å²) in [7, 11) is 0. The first kappa shape index (κ1) is 15.0. The molecule has 1 fully saturated rings. The zero-order chi connectivity index (χ0) is 13.9. The molecule has 3 atom stereocenters. The lowest BCUT2D eigenvalue weighted by atomic mass is 9.93. The molecule has 0 spiro atoms. The molecule has 0 bridgehead atoms. The Balaban J connectivity index is 2.86. The van der Waals surface area contributed by atoms with Crippen LogP contribution in [0.15, 0.2) is 0 Å². The van der Waals surface area contributed by atoms with E-state index in [1.165, 1.54) is 0 Å². The summed E-state index contributed by atoms with van der Waals surface area (Å²) in [4.78, 5) is 26.1. The van der Waals surface area contributed by atoms with Crippen molar-refractivity contribution >= 4 is 11.8 Å². The molecule has 1 aliphatic rings. The molecule has 0 aromatic rings. The average Bonchev–Trinajstić information content (AvgIpc) is 2.30. The highest BCUT2D eigenvalue weighted by atomic mass is 16.2. The van der Waals surface area contributed by atoms with Crippen LogP contribution in [0.4, 0.5) is 0 Å². The predicted molar refractivity (Wildman–Crippen MR) is 72.0 cm³/mol. The minimum absolute atomic E-state index is 0.000191. The lowest BCUT2D eigenvalue weighted by Crippen LogP contribution is -2.64. The molecule has 18 heavy (non-hydrogen) atoms. The molecule has 3 unspecified atom stereocenters. The normalized spacial score (nSPS) is 26.4. The van der Waals surface area contributed by atoms with Crippen molar-refractivity contribution in [2.45, 2.75) is 59.5 Å². The second kappa shape index (κ2) is 6.21. The Morgan fingerprint density at radius 1 is 1.28 bits per heavy atom. The van der Waals surface area contributed by atoms with Gasteiger partial charge in [0, 0.05) is 6.54 Å². The fourth-order valence-corrected chi connectivity index (χ4v) is 2.32. The summed E-state index contributed by atoms with van der Waals surface area (Å²) >= 11 is 0. The van der Waals surface area contributed by atoms with Gasteiger partial charge in [0.2, 0.25) is 11.8 Å². The number of carbonyl (C=O) groups is 2. The summed E-state index contributed by atoms with van der Waals surface area (Å²) in [6.07, 6.45) is 1.84. The van der Waals surface area contributed by atoms with Crippen molar-refractivity contribution in [3.8, 4) is 0 Å². The van der Waals surface area contributed by atoms with Crippen molar-refractivity contribution in [1.82, 2.24) is 10.2 Å². The van der Waals surface area contributed by atoms with Crippen molar-refractivity contribution in [3.05, 3.63) is 0 Å². The van der Waals surface area contributed by atoms with Gasteiger partial charge in [-0.05, 0) is 25.2 Å². The summed E-state index contributed by atoms with van der Waals surface area (Å²) in [6.45, 7) is 10.8. The van der Waals surface area contributed by atoms with Crippen molar-refractivity contribution < 1.29 is 9.59 Å². The van der Waals surface area contributed by atoms with E-state index >= 15 is 0 Å². The topological polar surface area (TPSA) is 49.4 Å². The number of carbonyl (C=O) groups excluding carboxylic acids is 2. The Hall–Kier alpha value is -1.06. The molecule has 0 aromatic heterocycles.